The normalized spacial score (nSPS) is 16.6. The first-order valence-electron chi connectivity index (χ1n) is 9.17. The van der Waals surface area contributed by atoms with Gasteiger partial charge in [0, 0.05) is 24.8 Å². The molecule has 28 heavy (non-hydrogen) atoms. The first kappa shape index (κ1) is 18.0. The average Bonchev–Trinajstić information content (AvgIpc) is 3.25. The molecule has 1 N–H and O–H groups in total. The van der Waals surface area contributed by atoms with Gasteiger partial charge in [0.1, 0.15) is 5.75 Å². The van der Waals surface area contributed by atoms with E-state index in [1.807, 2.05) is 35.2 Å². The van der Waals surface area contributed by atoms with Crippen LogP contribution >= 0.6 is 0 Å². The second kappa shape index (κ2) is 8.08. The summed E-state index contributed by atoms with van der Waals surface area (Å²) in [5.74, 6) is 1.11. The third-order valence-electron chi connectivity index (χ3n) is 4.76. The first-order chi connectivity index (χ1) is 13.7. The van der Waals surface area contributed by atoms with E-state index in [0.717, 1.165) is 30.7 Å². The van der Waals surface area contributed by atoms with E-state index in [-0.39, 0.29) is 11.8 Å². The van der Waals surface area contributed by atoms with Crippen molar-refractivity contribution in [2.24, 2.45) is 5.92 Å². The molecule has 1 unspecified atom stereocenters. The zero-order valence-corrected chi connectivity index (χ0v) is 15.5. The smallest absolute Gasteiger partial charge is 0.324 e. The Labute approximate surface area is 162 Å². The Balaban J connectivity index is 1.43. The molecule has 1 saturated heterocycles. The van der Waals surface area contributed by atoms with Crippen LogP contribution in [0.5, 0.6) is 5.75 Å². The number of piperidine rings is 1. The molecule has 0 spiro atoms. The number of methoxy groups -OCH3 is 1. The van der Waals surface area contributed by atoms with Gasteiger partial charge in [0.25, 0.3) is 0 Å². The molecule has 0 aliphatic carbocycles. The SMILES string of the molecule is COc1ccc(-c2noc(N3CCCC(C(=O)Nc4cccnc4)C3)n2)cc1. The number of hydrogen-bond acceptors (Lipinski definition) is 7. The Kier molecular flexibility index (Phi) is 5.18. The van der Waals surface area contributed by atoms with Crippen LogP contribution in [0.4, 0.5) is 11.7 Å². The highest BCUT2D eigenvalue weighted by Gasteiger charge is 2.28. The van der Waals surface area contributed by atoms with E-state index < -0.39 is 0 Å². The molecule has 8 heteroatoms. The Morgan fingerprint density at radius 3 is 2.89 bits per heavy atom. The molecule has 0 radical (unpaired) electrons. The van der Waals surface area contributed by atoms with Gasteiger partial charge in [-0.15, -0.1) is 0 Å². The number of pyridine rings is 1. The van der Waals surface area contributed by atoms with Gasteiger partial charge in [-0.2, -0.15) is 4.98 Å². The maximum atomic E-state index is 12.6. The van der Waals surface area contributed by atoms with E-state index in [4.69, 9.17) is 9.26 Å². The molecule has 0 saturated carbocycles. The summed E-state index contributed by atoms with van der Waals surface area (Å²) in [4.78, 5) is 23.1. The van der Waals surface area contributed by atoms with Crippen molar-refractivity contribution in [3.05, 3.63) is 48.8 Å². The minimum absolute atomic E-state index is 0.0207. The fraction of sp³-hybridized carbons (Fsp3) is 0.300. The van der Waals surface area contributed by atoms with Crippen molar-refractivity contribution in [2.45, 2.75) is 12.8 Å². The number of aromatic nitrogens is 3. The highest BCUT2D eigenvalue weighted by Crippen LogP contribution is 2.26. The maximum Gasteiger partial charge on any atom is 0.324 e. The standard InChI is InChI=1S/C20H21N5O3/c1-27-17-8-6-14(7-9-17)18-23-20(28-24-18)25-11-3-4-15(13-25)19(26)22-16-5-2-10-21-12-16/h2,5-10,12,15H,3-4,11,13H2,1H3,(H,22,26). The van der Waals surface area contributed by atoms with Gasteiger partial charge < -0.3 is 19.5 Å². The first-order valence-corrected chi connectivity index (χ1v) is 9.17. The molecule has 144 valence electrons. The molecular weight excluding hydrogens is 358 g/mol. The topological polar surface area (TPSA) is 93.4 Å². The summed E-state index contributed by atoms with van der Waals surface area (Å²) in [7, 11) is 1.62. The molecule has 3 heterocycles. The van der Waals surface area contributed by atoms with Gasteiger partial charge in [-0.1, -0.05) is 5.16 Å². The number of anilines is 2. The summed E-state index contributed by atoms with van der Waals surface area (Å²) in [6.45, 7) is 1.32. The zero-order chi connectivity index (χ0) is 19.3. The third kappa shape index (κ3) is 3.95. The number of benzene rings is 1. The Morgan fingerprint density at radius 2 is 2.14 bits per heavy atom. The van der Waals surface area contributed by atoms with E-state index in [0.29, 0.717) is 24.1 Å². The summed E-state index contributed by atoms with van der Waals surface area (Å²) in [6.07, 6.45) is 5.01. The highest BCUT2D eigenvalue weighted by molar-refractivity contribution is 5.92. The number of amides is 1. The fourth-order valence-corrected chi connectivity index (χ4v) is 3.25. The predicted octanol–water partition coefficient (Wildman–Crippen LogP) is 3.00. The van der Waals surface area contributed by atoms with Crippen LogP contribution in [0, 0.1) is 5.92 Å². The molecule has 1 aliphatic heterocycles. The van der Waals surface area contributed by atoms with Gasteiger partial charge in [-0.05, 0) is 49.2 Å². The lowest BCUT2D eigenvalue weighted by Crippen LogP contribution is -2.41. The van der Waals surface area contributed by atoms with Gasteiger partial charge in [-0.25, -0.2) is 0 Å². The highest BCUT2D eigenvalue weighted by atomic mass is 16.5. The van der Waals surface area contributed by atoms with Gasteiger partial charge in [0.2, 0.25) is 11.7 Å². The van der Waals surface area contributed by atoms with Crippen LogP contribution in [0.2, 0.25) is 0 Å². The van der Waals surface area contributed by atoms with Gasteiger partial charge >= 0.3 is 6.01 Å². The largest absolute Gasteiger partial charge is 0.497 e. The molecule has 2 aromatic heterocycles. The molecule has 1 aliphatic rings. The Morgan fingerprint density at radius 1 is 1.29 bits per heavy atom. The van der Waals surface area contributed by atoms with E-state index in [1.54, 1.807) is 25.6 Å². The van der Waals surface area contributed by atoms with Crippen molar-refractivity contribution < 1.29 is 14.1 Å². The number of carbonyl (C=O) groups excluding carboxylic acids is 1. The fourth-order valence-electron chi connectivity index (χ4n) is 3.25. The molecule has 4 rings (SSSR count). The number of hydrogen-bond donors (Lipinski definition) is 1. The number of nitrogens with zero attached hydrogens (tertiary/aromatic N) is 4. The summed E-state index contributed by atoms with van der Waals surface area (Å²) in [6, 6.07) is 11.5. The lowest BCUT2D eigenvalue weighted by Gasteiger charge is -2.30. The minimum Gasteiger partial charge on any atom is -0.497 e. The monoisotopic (exact) mass is 379 g/mol. The van der Waals surface area contributed by atoms with Gasteiger partial charge in [-0.3, -0.25) is 9.78 Å². The molecule has 8 nitrogen and oxygen atoms in total. The van der Waals surface area contributed by atoms with E-state index >= 15 is 0 Å². The predicted molar refractivity (Wildman–Crippen MR) is 104 cm³/mol. The van der Waals surface area contributed by atoms with Gasteiger partial charge in [0.05, 0.1) is 24.9 Å². The van der Waals surface area contributed by atoms with Crippen molar-refractivity contribution in [1.29, 1.82) is 0 Å². The van der Waals surface area contributed by atoms with Crippen LogP contribution in [-0.2, 0) is 4.79 Å². The molecule has 1 aromatic carbocycles. The van der Waals surface area contributed by atoms with E-state index in [9.17, 15) is 4.79 Å². The number of nitrogens with one attached hydrogen (secondary N) is 1. The van der Waals surface area contributed by atoms with Crippen LogP contribution in [0.3, 0.4) is 0 Å². The molecule has 0 bridgehead atoms. The molecule has 1 fully saturated rings. The second-order valence-corrected chi connectivity index (χ2v) is 6.65. The summed E-state index contributed by atoms with van der Waals surface area (Å²) >= 11 is 0. The second-order valence-electron chi connectivity index (χ2n) is 6.65. The summed E-state index contributed by atoms with van der Waals surface area (Å²) < 4.78 is 10.6. The van der Waals surface area contributed by atoms with Crippen LogP contribution in [0.1, 0.15) is 12.8 Å². The van der Waals surface area contributed by atoms with E-state index in [1.165, 1.54) is 0 Å². The molecule has 1 atom stereocenters. The number of ether oxygens (including phenoxy) is 1. The van der Waals surface area contributed by atoms with Crippen molar-refractivity contribution in [1.82, 2.24) is 15.1 Å². The molecule has 1 amide bonds. The van der Waals surface area contributed by atoms with Crippen molar-refractivity contribution in [3.63, 3.8) is 0 Å². The van der Waals surface area contributed by atoms with Crippen molar-refractivity contribution in [2.75, 3.05) is 30.4 Å². The zero-order valence-electron chi connectivity index (χ0n) is 15.5. The maximum absolute atomic E-state index is 12.6. The lowest BCUT2D eigenvalue weighted by atomic mass is 9.97. The minimum atomic E-state index is -0.148. The molecule has 3 aromatic rings. The van der Waals surface area contributed by atoms with Crippen molar-refractivity contribution >= 4 is 17.6 Å². The number of rotatable bonds is 5. The quantitative estimate of drug-likeness (QED) is 0.728. The van der Waals surface area contributed by atoms with Crippen LogP contribution in [0.15, 0.2) is 53.3 Å². The van der Waals surface area contributed by atoms with Crippen LogP contribution in [-0.4, -0.2) is 41.2 Å². The average molecular weight is 379 g/mol. The van der Waals surface area contributed by atoms with Crippen LogP contribution < -0.4 is 15.0 Å². The number of carbonyl (C=O) groups is 1. The lowest BCUT2D eigenvalue weighted by molar-refractivity contribution is -0.120. The van der Waals surface area contributed by atoms with Crippen molar-refractivity contribution in [3.8, 4) is 17.1 Å². The third-order valence-corrected chi connectivity index (χ3v) is 4.76. The molecular formula is C20H21N5O3. The summed E-state index contributed by atoms with van der Waals surface area (Å²) in [5, 5.41) is 7.00. The Bertz CT molecular complexity index is 927. The van der Waals surface area contributed by atoms with Gasteiger partial charge in [0.15, 0.2) is 0 Å². The Hall–Kier alpha value is -3.42. The van der Waals surface area contributed by atoms with Crippen LogP contribution in [0.25, 0.3) is 11.4 Å². The summed E-state index contributed by atoms with van der Waals surface area (Å²) in [5.41, 5.74) is 1.54. The van der Waals surface area contributed by atoms with E-state index in [2.05, 4.69) is 20.4 Å².